The van der Waals surface area contributed by atoms with Gasteiger partial charge in [0.15, 0.2) is 17.4 Å². The van der Waals surface area contributed by atoms with Crippen LogP contribution in [0.3, 0.4) is 0 Å². The number of halogens is 2. The molecule has 0 saturated heterocycles. The Bertz CT molecular complexity index is 349. The second-order valence-electron chi connectivity index (χ2n) is 4.67. The van der Waals surface area contributed by atoms with E-state index in [9.17, 15) is 8.78 Å². The molecule has 0 aliphatic heterocycles. The molecule has 18 heavy (non-hydrogen) atoms. The van der Waals surface area contributed by atoms with Gasteiger partial charge in [-0.05, 0) is 31.0 Å². The third-order valence-electron chi connectivity index (χ3n) is 2.79. The van der Waals surface area contributed by atoms with Gasteiger partial charge in [0.1, 0.15) is 6.61 Å². The van der Waals surface area contributed by atoms with Crippen LogP contribution in [-0.4, -0.2) is 19.2 Å². The molecular formula is C14H21F2NO. The van der Waals surface area contributed by atoms with Gasteiger partial charge in [-0.3, -0.25) is 0 Å². The van der Waals surface area contributed by atoms with Crippen molar-refractivity contribution in [2.45, 2.75) is 33.2 Å². The molecule has 1 rings (SSSR count). The van der Waals surface area contributed by atoms with Gasteiger partial charge in [0.25, 0.3) is 0 Å². The van der Waals surface area contributed by atoms with Gasteiger partial charge in [-0.25, -0.2) is 8.78 Å². The quantitative estimate of drug-likeness (QED) is 0.808. The van der Waals surface area contributed by atoms with E-state index in [-0.39, 0.29) is 18.4 Å². The average Bonchev–Trinajstić information content (AvgIpc) is 2.31. The van der Waals surface area contributed by atoms with Gasteiger partial charge in [0, 0.05) is 6.04 Å². The first kappa shape index (κ1) is 14.9. The van der Waals surface area contributed by atoms with E-state index < -0.39 is 11.6 Å². The smallest absolute Gasteiger partial charge is 0.190 e. The van der Waals surface area contributed by atoms with Crippen molar-refractivity contribution < 1.29 is 13.5 Å². The number of hydrogen-bond donors (Lipinski definition) is 1. The molecule has 4 heteroatoms. The Morgan fingerprint density at radius 2 is 1.83 bits per heavy atom. The Morgan fingerprint density at radius 1 is 1.22 bits per heavy atom. The number of nitrogens with one attached hydrogen (secondary N) is 1. The summed E-state index contributed by atoms with van der Waals surface area (Å²) in [5.41, 5.74) is 0. The van der Waals surface area contributed by atoms with E-state index in [1.165, 1.54) is 18.2 Å². The van der Waals surface area contributed by atoms with Crippen molar-refractivity contribution in [2.24, 2.45) is 5.92 Å². The van der Waals surface area contributed by atoms with Crippen molar-refractivity contribution in [3.05, 3.63) is 29.8 Å². The predicted octanol–water partition coefficient (Wildman–Crippen LogP) is 3.37. The normalized spacial score (nSPS) is 12.8. The molecule has 1 aromatic rings. The average molecular weight is 257 g/mol. The fourth-order valence-corrected chi connectivity index (χ4v) is 1.61. The lowest BCUT2D eigenvalue weighted by Crippen LogP contribution is -2.39. The van der Waals surface area contributed by atoms with Crippen molar-refractivity contribution >= 4 is 0 Å². The van der Waals surface area contributed by atoms with Crippen molar-refractivity contribution in [1.82, 2.24) is 5.32 Å². The molecule has 0 heterocycles. The van der Waals surface area contributed by atoms with Crippen molar-refractivity contribution in [2.75, 3.05) is 13.2 Å². The van der Waals surface area contributed by atoms with Crippen LogP contribution in [0.2, 0.25) is 0 Å². The number of benzene rings is 1. The Kier molecular flexibility index (Phi) is 6.05. The predicted molar refractivity (Wildman–Crippen MR) is 68.8 cm³/mol. The van der Waals surface area contributed by atoms with Crippen LogP contribution in [-0.2, 0) is 0 Å². The minimum Gasteiger partial charge on any atom is -0.486 e. The molecule has 102 valence electrons. The maximum Gasteiger partial charge on any atom is 0.190 e. The van der Waals surface area contributed by atoms with Crippen LogP contribution in [0.1, 0.15) is 27.2 Å². The minimum absolute atomic E-state index is 0.0870. The van der Waals surface area contributed by atoms with Gasteiger partial charge in [0.2, 0.25) is 0 Å². The van der Waals surface area contributed by atoms with Gasteiger partial charge in [0.05, 0.1) is 0 Å². The van der Waals surface area contributed by atoms with Crippen molar-refractivity contribution in [3.8, 4) is 5.75 Å². The molecule has 0 spiro atoms. The van der Waals surface area contributed by atoms with Crippen LogP contribution >= 0.6 is 0 Å². The molecule has 0 aliphatic carbocycles. The van der Waals surface area contributed by atoms with Crippen molar-refractivity contribution in [1.29, 1.82) is 0 Å². The van der Waals surface area contributed by atoms with E-state index in [1.807, 2.05) is 13.8 Å². The highest BCUT2D eigenvalue weighted by Gasteiger charge is 2.16. The van der Waals surface area contributed by atoms with Gasteiger partial charge >= 0.3 is 0 Å². The maximum atomic E-state index is 13.4. The van der Waals surface area contributed by atoms with Crippen LogP contribution in [0, 0.1) is 17.6 Å². The van der Waals surface area contributed by atoms with Crippen LogP contribution in [0.15, 0.2) is 18.2 Å². The molecule has 0 saturated carbocycles. The standard InChI is InChI=1S/C14H21F2NO/c1-4-8-17-13(10(2)3)9-18-14-11(15)6-5-7-12(14)16/h5-7,10,13,17H,4,8-9H2,1-3H3. The molecule has 0 aromatic heterocycles. The SMILES string of the molecule is CCCNC(COc1c(F)cccc1F)C(C)C. The molecule has 1 unspecified atom stereocenters. The molecule has 1 aromatic carbocycles. The Balaban J connectivity index is 2.61. The maximum absolute atomic E-state index is 13.4. The zero-order chi connectivity index (χ0) is 13.5. The van der Waals surface area contributed by atoms with E-state index in [4.69, 9.17) is 4.74 Å². The summed E-state index contributed by atoms with van der Waals surface area (Å²) < 4.78 is 32.0. The number of para-hydroxylation sites is 1. The van der Waals surface area contributed by atoms with Gasteiger partial charge in [-0.2, -0.15) is 0 Å². The molecule has 2 nitrogen and oxygen atoms in total. The van der Waals surface area contributed by atoms with Crippen LogP contribution in [0.5, 0.6) is 5.75 Å². The van der Waals surface area contributed by atoms with Gasteiger partial charge < -0.3 is 10.1 Å². The third kappa shape index (κ3) is 4.26. The highest BCUT2D eigenvalue weighted by Crippen LogP contribution is 2.21. The van der Waals surface area contributed by atoms with E-state index >= 15 is 0 Å². The molecule has 0 aliphatic rings. The monoisotopic (exact) mass is 257 g/mol. The lowest BCUT2D eigenvalue weighted by atomic mass is 10.1. The molecule has 1 atom stereocenters. The van der Waals surface area contributed by atoms with E-state index in [0.717, 1.165) is 13.0 Å². The van der Waals surface area contributed by atoms with Crippen LogP contribution in [0.4, 0.5) is 8.78 Å². The molecule has 1 N–H and O–H groups in total. The minimum atomic E-state index is -0.659. The fourth-order valence-electron chi connectivity index (χ4n) is 1.61. The number of rotatable bonds is 7. The van der Waals surface area contributed by atoms with E-state index in [1.54, 1.807) is 0 Å². The van der Waals surface area contributed by atoms with Crippen LogP contribution in [0.25, 0.3) is 0 Å². The summed E-state index contributed by atoms with van der Waals surface area (Å²) in [4.78, 5) is 0. The van der Waals surface area contributed by atoms with E-state index in [0.29, 0.717) is 5.92 Å². The van der Waals surface area contributed by atoms with Gasteiger partial charge in [-0.15, -0.1) is 0 Å². The molecule has 0 radical (unpaired) electrons. The summed E-state index contributed by atoms with van der Waals surface area (Å²) in [7, 11) is 0. The Labute approximate surface area is 107 Å². The molecule has 0 bridgehead atoms. The van der Waals surface area contributed by atoms with Gasteiger partial charge in [-0.1, -0.05) is 26.8 Å². The summed E-state index contributed by atoms with van der Waals surface area (Å²) in [5.74, 6) is -1.27. The summed E-state index contributed by atoms with van der Waals surface area (Å²) in [6.07, 6.45) is 1.01. The fraction of sp³-hybridized carbons (Fsp3) is 0.571. The number of ether oxygens (including phenoxy) is 1. The molecular weight excluding hydrogens is 236 g/mol. The lowest BCUT2D eigenvalue weighted by molar-refractivity contribution is 0.215. The lowest BCUT2D eigenvalue weighted by Gasteiger charge is -2.22. The largest absolute Gasteiger partial charge is 0.486 e. The zero-order valence-corrected chi connectivity index (χ0v) is 11.2. The summed E-state index contributed by atoms with van der Waals surface area (Å²) >= 11 is 0. The van der Waals surface area contributed by atoms with Crippen LogP contribution < -0.4 is 10.1 Å². The Morgan fingerprint density at radius 3 is 2.33 bits per heavy atom. The number of hydrogen-bond acceptors (Lipinski definition) is 2. The highest BCUT2D eigenvalue weighted by molar-refractivity contribution is 5.26. The van der Waals surface area contributed by atoms with E-state index in [2.05, 4.69) is 12.2 Å². The Hall–Kier alpha value is -1.16. The zero-order valence-electron chi connectivity index (χ0n) is 11.2. The topological polar surface area (TPSA) is 21.3 Å². The summed E-state index contributed by atoms with van der Waals surface area (Å²) in [6.45, 7) is 7.30. The third-order valence-corrected chi connectivity index (χ3v) is 2.79. The summed E-state index contributed by atoms with van der Waals surface area (Å²) in [6, 6.07) is 3.81. The molecule has 0 amide bonds. The summed E-state index contributed by atoms with van der Waals surface area (Å²) in [5, 5.41) is 3.31. The second-order valence-corrected chi connectivity index (χ2v) is 4.67. The molecule has 0 fully saturated rings. The first-order valence-electron chi connectivity index (χ1n) is 6.36. The highest BCUT2D eigenvalue weighted by atomic mass is 19.1. The second kappa shape index (κ2) is 7.31. The first-order chi connectivity index (χ1) is 8.56. The first-order valence-corrected chi connectivity index (χ1v) is 6.36. The van der Waals surface area contributed by atoms with Crippen molar-refractivity contribution in [3.63, 3.8) is 0 Å².